The van der Waals surface area contributed by atoms with Crippen LogP contribution in [0.4, 0.5) is 8.78 Å². The van der Waals surface area contributed by atoms with Crippen LogP contribution in [-0.2, 0) is 4.79 Å². The fraction of sp³-hybridized carbons (Fsp3) is 0.200. The van der Waals surface area contributed by atoms with Gasteiger partial charge in [0.25, 0.3) is 0 Å². The normalized spacial score (nSPS) is 17.2. The number of nitrogens with zero attached hydrogens (tertiary/aromatic N) is 4. The van der Waals surface area contributed by atoms with Gasteiger partial charge in [-0.3, -0.25) is 9.80 Å². The molecule has 1 aliphatic heterocycles. The highest BCUT2D eigenvalue weighted by molar-refractivity contribution is 6.05. The van der Waals surface area contributed by atoms with E-state index >= 15 is 0 Å². The van der Waals surface area contributed by atoms with E-state index in [1.54, 1.807) is 12.1 Å². The summed E-state index contributed by atoms with van der Waals surface area (Å²) in [5, 5.41) is 5.86. The van der Waals surface area contributed by atoms with Gasteiger partial charge in [-0.05, 0) is 17.7 Å². The number of benzene rings is 1. The van der Waals surface area contributed by atoms with Crippen molar-refractivity contribution in [2.75, 3.05) is 13.1 Å². The van der Waals surface area contributed by atoms with Crippen LogP contribution in [0.25, 0.3) is 0 Å². The molecule has 2 heterocycles. The van der Waals surface area contributed by atoms with Gasteiger partial charge < -0.3 is 5.73 Å². The van der Waals surface area contributed by atoms with Crippen molar-refractivity contribution in [2.45, 2.75) is 5.92 Å². The summed E-state index contributed by atoms with van der Waals surface area (Å²) in [6, 6.07) is 5.80. The molecule has 1 atom stereocenters. The Bertz CT molecular complexity index is 745. The van der Waals surface area contributed by atoms with Crippen molar-refractivity contribution in [3.05, 3.63) is 59.7 Å². The standard InChI is InChI=1S/C15H13F2N5O/c16-10-3-1-9(2-4-10)14-12(7-22(21-14)8-13(18)23)15-19-5-11(17)6-20-15/h1-6,12H,7-8H2,(H2,18,23). The first-order valence-electron chi connectivity index (χ1n) is 6.88. The largest absolute Gasteiger partial charge is 0.368 e. The van der Waals surface area contributed by atoms with Crippen LogP contribution in [-0.4, -0.2) is 39.7 Å². The van der Waals surface area contributed by atoms with Gasteiger partial charge in [0.15, 0.2) is 5.82 Å². The van der Waals surface area contributed by atoms with Crippen LogP contribution < -0.4 is 5.73 Å². The maximum atomic E-state index is 13.1. The van der Waals surface area contributed by atoms with Crippen LogP contribution in [0.15, 0.2) is 41.8 Å². The fourth-order valence-electron chi connectivity index (χ4n) is 2.43. The second-order valence-electron chi connectivity index (χ2n) is 5.12. The number of carbonyl (C=O) groups is 1. The van der Waals surface area contributed by atoms with Crippen molar-refractivity contribution in [3.63, 3.8) is 0 Å². The number of aromatic nitrogens is 2. The summed E-state index contributed by atoms with van der Waals surface area (Å²) < 4.78 is 26.1. The lowest BCUT2D eigenvalue weighted by Crippen LogP contribution is -2.30. The van der Waals surface area contributed by atoms with Gasteiger partial charge in [0.05, 0.1) is 30.6 Å². The number of hydrogen-bond donors (Lipinski definition) is 1. The Morgan fingerprint density at radius 2 is 1.83 bits per heavy atom. The third kappa shape index (κ3) is 3.31. The molecule has 118 valence electrons. The third-order valence-corrected chi connectivity index (χ3v) is 3.40. The highest BCUT2D eigenvalue weighted by Crippen LogP contribution is 2.26. The molecule has 0 radical (unpaired) electrons. The van der Waals surface area contributed by atoms with Crippen LogP contribution in [0.1, 0.15) is 17.3 Å². The van der Waals surface area contributed by atoms with E-state index in [4.69, 9.17) is 5.73 Å². The number of halogens is 2. The molecule has 8 heteroatoms. The molecule has 1 amide bonds. The maximum Gasteiger partial charge on any atom is 0.238 e. The zero-order valence-corrected chi connectivity index (χ0v) is 12.0. The summed E-state index contributed by atoms with van der Waals surface area (Å²) in [6.45, 7) is 0.281. The molecule has 1 aliphatic rings. The lowest BCUT2D eigenvalue weighted by Gasteiger charge is -2.13. The average molecular weight is 317 g/mol. The minimum atomic E-state index is -0.541. The summed E-state index contributed by atoms with van der Waals surface area (Å²) >= 11 is 0. The smallest absolute Gasteiger partial charge is 0.238 e. The molecule has 0 spiro atoms. The van der Waals surface area contributed by atoms with Crippen LogP contribution in [0, 0.1) is 11.6 Å². The SMILES string of the molecule is NC(=O)CN1CC(c2ncc(F)cn2)C(c2ccc(F)cc2)=N1. The Balaban J connectivity index is 1.96. The van der Waals surface area contributed by atoms with Gasteiger partial charge in [0, 0.05) is 0 Å². The van der Waals surface area contributed by atoms with E-state index in [1.165, 1.54) is 17.1 Å². The van der Waals surface area contributed by atoms with Crippen molar-refractivity contribution in [3.8, 4) is 0 Å². The van der Waals surface area contributed by atoms with E-state index in [1.807, 2.05) is 0 Å². The predicted molar refractivity (Wildman–Crippen MR) is 78.4 cm³/mol. The molecule has 1 aromatic carbocycles. The highest BCUT2D eigenvalue weighted by atomic mass is 19.1. The van der Waals surface area contributed by atoms with E-state index in [0.717, 1.165) is 12.4 Å². The molecule has 3 rings (SSSR count). The van der Waals surface area contributed by atoms with Crippen LogP contribution in [0.5, 0.6) is 0 Å². The van der Waals surface area contributed by atoms with Crippen molar-refractivity contribution in [2.24, 2.45) is 10.8 Å². The lowest BCUT2D eigenvalue weighted by molar-refractivity contribution is -0.119. The number of carbonyl (C=O) groups excluding carboxylic acids is 1. The van der Waals surface area contributed by atoms with E-state index in [9.17, 15) is 13.6 Å². The molecule has 0 aliphatic carbocycles. The van der Waals surface area contributed by atoms with E-state index < -0.39 is 11.7 Å². The molecule has 1 unspecified atom stereocenters. The molecule has 0 fully saturated rings. The van der Waals surface area contributed by atoms with Gasteiger partial charge in [-0.1, -0.05) is 12.1 Å². The number of hydrogen-bond acceptors (Lipinski definition) is 5. The topological polar surface area (TPSA) is 84.5 Å². The molecule has 23 heavy (non-hydrogen) atoms. The third-order valence-electron chi connectivity index (χ3n) is 3.40. The number of rotatable bonds is 4. The Labute approximate surface area is 130 Å². The first kappa shape index (κ1) is 15.0. The van der Waals surface area contributed by atoms with Gasteiger partial charge in [0.2, 0.25) is 5.91 Å². The highest BCUT2D eigenvalue weighted by Gasteiger charge is 2.31. The van der Waals surface area contributed by atoms with Gasteiger partial charge in [-0.15, -0.1) is 0 Å². The number of nitrogens with two attached hydrogens (primary N) is 1. The summed E-state index contributed by atoms with van der Waals surface area (Å²) in [4.78, 5) is 19.1. The molecule has 0 saturated heterocycles. The second-order valence-corrected chi connectivity index (χ2v) is 5.12. The van der Waals surface area contributed by atoms with E-state index in [2.05, 4.69) is 15.1 Å². The Morgan fingerprint density at radius 1 is 1.17 bits per heavy atom. The summed E-state index contributed by atoms with van der Waals surface area (Å²) in [7, 11) is 0. The van der Waals surface area contributed by atoms with E-state index in [-0.39, 0.29) is 18.3 Å². The van der Waals surface area contributed by atoms with Crippen molar-refractivity contribution >= 4 is 11.6 Å². The quantitative estimate of drug-likeness (QED) is 0.913. The first-order valence-corrected chi connectivity index (χ1v) is 6.88. The summed E-state index contributed by atoms with van der Waals surface area (Å²) in [5.74, 6) is -1.41. The number of hydrazone groups is 1. The Hall–Kier alpha value is -2.90. The van der Waals surface area contributed by atoms with Crippen molar-refractivity contribution in [1.82, 2.24) is 15.0 Å². The van der Waals surface area contributed by atoms with Gasteiger partial charge >= 0.3 is 0 Å². The van der Waals surface area contributed by atoms with Gasteiger partial charge in [-0.2, -0.15) is 5.10 Å². The molecule has 2 N–H and O–H groups in total. The summed E-state index contributed by atoms with van der Waals surface area (Å²) in [5.41, 5.74) is 6.46. The fourth-order valence-corrected chi connectivity index (χ4v) is 2.43. The van der Waals surface area contributed by atoms with Crippen LogP contribution in [0.3, 0.4) is 0 Å². The first-order chi connectivity index (χ1) is 11.0. The van der Waals surface area contributed by atoms with E-state index in [0.29, 0.717) is 23.6 Å². The molecule has 6 nitrogen and oxygen atoms in total. The van der Waals surface area contributed by atoms with Crippen LogP contribution in [0.2, 0.25) is 0 Å². The van der Waals surface area contributed by atoms with Crippen molar-refractivity contribution < 1.29 is 13.6 Å². The molecule has 2 aromatic rings. The average Bonchev–Trinajstić information content (AvgIpc) is 2.91. The monoisotopic (exact) mass is 317 g/mol. The molecular weight excluding hydrogens is 304 g/mol. The molecule has 0 bridgehead atoms. The lowest BCUT2D eigenvalue weighted by atomic mass is 9.96. The molecular formula is C15H13F2N5O. The zero-order valence-electron chi connectivity index (χ0n) is 12.0. The second kappa shape index (κ2) is 6.07. The minimum Gasteiger partial charge on any atom is -0.368 e. The number of amides is 1. The zero-order chi connectivity index (χ0) is 16.4. The predicted octanol–water partition coefficient (Wildman–Crippen LogP) is 1.04. The van der Waals surface area contributed by atoms with Gasteiger partial charge in [0.1, 0.15) is 18.2 Å². The molecule has 1 aromatic heterocycles. The summed E-state index contributed by atoms with van der Waals surface area (Å²) in [6.07, 6.45) is 2.14. The van der Waals surface area contributed by atoms with Gasteiger partial charge in [-0.25, -0.2) is 18.7 Å². The minimum absolute atomic E-state index is 0.0532. The molecule has 0 saturated carbocycles. The van der Waals surface area contributed by atoms with Crippen molar-refractivity contribution in [1.29, 1.82) is 0 Å². The Morgan fingerprint density at radius 3 is 2.43 bits per heavy atom. The maximum absolute atomic E-state index is 13.1. The number of primary amides is 1. The Kier molecular flexibility index (Phi) is 3.96. The van der Waals surface area contributed by atoms with Crippen LogP contribution >= 0.6 is 0 Å².